The Kier molecular flexibility index (Phi) is 5.73. The third kappa shape index (κ3) is 3.62. The van der Waals surface area contributed by atoms with E-state index in [0.29, 0.717) is 10.3 Å². The lowest BCUT2D eigenvalue weighted by atomic mass is 10.1. The smallest absolute Gasteiger partial charge is 0.341 e. The average Bonchev–Trinajstić information content (AvgIpc) is 3.02. The molecule has 3 aromatic rings. The van der Waals surface area contributed by atoms with E-state index in [1.807, 2.05) is 0 Å². The standard InChI is InChI=1S/C18H14F3NO4S2/c1-26-9-10-15-11(19)5-4-7-13(15)27-16(10)17(23)22-12-6-2-3-8-14(12)28(24,25)18(20)21/h2-8,18H,9H2,1H3,(H,22,23). The maximum atomic E-state index is 14.2. The van der Waals surface area contributed by atoms with Crippen LogP contribution in [0.2, 0.25) is 0 Å². The molecule has 0 spiro atoms. The molecule has 1 amide bonds. The molecule has 0 saturated heterocycles. The van der Waals surface area contributed by atoms with Crippen molar-refractivity contribution >= 4 is 42.9 Å². The van der Waals surface area contributed by atoms with E-state index < -0.39 is 32.2 Å². The van der Waals surface area contributed by atoms with Crippen molar-refractivity contribution in [2.75, 3.05) is 12.4 Å². The van der Waals surface area contributed by atoms with Crippen LogP contribution in [0.1, 0.15) is 15.2 Å². The minimum atomic E-state index is -4.92. The Morgan fingerprint density at radius 3 is 2.57 bits per heavy atom. The number of rotatable bonds is 6. The molecule has 10 heteroatoms. The van der Waals surface area contributed by atoms with E-state index in [4.69, 9.17) is 4.74 Å². The summed E-state index contributed by atoms with van der Waals surface area (Å²) in [6.45, 7) is -0.0549. The molecule has 28 heavy (non-hydrogen) atoms. The molecule has 0 radical (unpaired) electrons. The molecule has 1 aromatic heterocycles. The lowest BCUT2D eigenvalue weighted by Crippen LogP contribution is -2.18. The van der Waals surface area contributed by atoms with Crippen LogP contribution >= 0.6 is 11.3 Å². The predicted molar refractivity (Wildman–Crippen MR) is 100 cm³/mol. The Labute approximate surface area is 162 Å². The number of para-hydroxylation sites is 1. The maximum Gasteiger partial charge on any atom is 0.341 e. The minimum absolute atomic E-state index is 0.0549. The first-order valence-electron chi connectivity index (χ1n) is 7.88. The first-order chi connectivity index (χ1) is 13.3. The van der Waals surface area contributed by atoms with Crippen LogP contribution in [-0.4, -0.2) is 27.2 Å². The van der Waals surface area contributed by atoms with Gasteiger partial charge in [-0.15, -0.1) is 11.3 Å². The van der Waals surface area contributed by atoms with Crippen molar-refractivity contribution in [1.29, 1.82) is 0 Å². The summed E-state index contributed by atoms with van der Waals surface area (Å²) in [6.07, 6.45) is 0. The molecule has 148 valence electrons. The van der Waals surface area contributed by atoms with Gasteiger partial charge >= 0.3 is 5.76 Å². The molecule has 5 nitrogen and oxygen atoms in total. The largest absolute Gasteiger partial charge is 0.380 e. The molecule has 0 aliphatic heterocycles. The van der Waals surface area contributed by atoms with Crippen LogP contribution in [0.15, 0.2) is 47.4 Å². The van der Waals surface area contributed by atoms with Gasteiger partial charge in [-0.25, -0.2) is 12.8 Å². The zero-order chi connectivity index (χ0) is 20.5. The Morgan fingerprint density at radius 2 is 1.89 bits per heavy atom. The Morgan fingerprint density at radius 1 is 1.18 bits per heavy atom. The molecule has 0 unspecified atom stereocenters. The molecule has 0 aliphatic rings. The van der Waals surface area contributed by atoms with Crippen LogP contribution in [0.5, 0.6) is 0 Å². The van der Waals surface area contributed by atoms with Gasteiger partial charge in [0.25, 0.3) is 5.91 Å². The highest BCUT2D eigenvalue weighted by Crippen LogP contribution is 2.35. The van der Waals surface area contributed by atoms with Crippen molar-refractivity contribution in [2.24, 2.45) is 0 Å². The van der Waals surface area contributed by atoms with Gasteiger partial charge in [-0.05, 0) is 24.3 Å². The van der Waals surface area contributed by atoms with E-state index in [9.17, 15) is 26.4 Å². The number of thiophene rings is 1. The van der Waals surface area contributed by atoms with Gasteiger partial charge in [-0.3, -0.25) is 4.79 Å². The summed E-state index contributed by atoms with van der Waals surface area (Å²) in [6, 6.07) is 9.25. The number of amides is 1. The third-order valence-electron chi connectivity index (χ3n) is 3.93. The van der Waals surface area contributed by atoms with Crippen LogP contribution in [0.3, 0.4) is 0 Å². The van der Waals surface area contributed by atoms with E-state index in [1.54, 1.807) is 6.07 Å². The third-order valence-corrected chi connectivity index (χ3v) is 6.57. The molecule has 1 N–H and O–H groups in total. The van der Waals surface area contributed by atoms with Crippen molar-refractivity contribution in [3.05, 3.63) is 58.7 Å². The second-order valence-corrected chi connectivity index (χ2v) is 8.65. The number of hydrogen-bond acceptors (Lipinski definition) is 5. The van der Waals surface area contributed by atoms with Crippen LogP contribution in [0, 0.1) is 5.82 Å². The summed E-state index contributed by atoms with van der Waals surface area (Å²) in [7, 11) is -3.53. The van der Waals surface area contributed by atoms with Crippen molar-refractivity contribution < 1.29 is 31.1 Å². The zero-order valence-electron chi connectivity index (χ0n) is 14.4. The molecule has 0 fully saturated rings. The second kappa shape index (κ2) is 7.90. The fourth-order valence-corrected chi connectivity index (χ4v) is 4.73. The molecule has 3 rings (SSSR count). The minimum Gasteiger partial charge on any atom is -0.380 e. The number of anilines is 1. The monoisotopic (exact) mass is 429 g/mol. The number of benzene rings is 2. The second-order valence-electron chi connectivity index (χ2n) is 5.71. The average molecular weight is 429 g/mol. The topological polar surface area (TPSA) is 72.5 Å². The van der Waals surface area contributed by atoms with Gasteiger partial charge in [0, 0.05) is 22.8 Å². The van der Waals surface area contributed by atoms with E-state index in [0.717, 1.165) is 17.4 Å². The fraction of sp³-hybridized carbons (Fsp3) is 0.167. The maximum absolute atomic E-state index is 14.2. The first kappa shape index (κ1) is 20.3. The highest BCUT2D eigenvalue weighted by Gasteiger charge is 2.30. The van der Waals surface area contributed by atoms with Gasteiger partial charge in [-0.2, -0.15) is 8.78 Å². The lowest BCUT2D eigenvalue weighted by Gasteiger charge is -2.11. The van der Waals surface area contributed by atoms with Crippen LogP contribution in [0.4, 0.5) is 18.9 Å². The lowest BCUT2D eigenvalue weighted by molar-refractivity contribution is 0.102. The number of nitrogens with one attached hydrogen (secondary N) is 1. The van der Waals surface area contributed by atoms with Gasteiger partial charge in [-0.1, -0.05) is 18.2 Å². The van der Waals surface area contributed by atoms with E-state index in [1.165, 1.54) is 37.4 Å². The van der Waals surface area contributed by atoms with E-state index in [2.05, 4.69) is 5.32 Å². The molecule has 2 aromatic carbocycles. The summed E-state index contributed by atoms with van der Waals surface area (Å²) >= 11 is 0.995. The highest BCUT2D eigenvalue weighted by atomic mass is 32.2. The highest BCUT2D eigenvalue weighted by molar-refractivity contribution is 7.91. The van der Waals surface area contributed by atoms with E-state index in [-0.39, 0.29) is 22.6 Å². The van der Waals surface area contributed by atoms with Gasteiger partial charge in [0.1, 0.15) is 5.82 Å². The summed E-state index contributed by atoms with van der Waals surface area (Å²) < 4.78 is 69.4. The van der Waals surface area contributed by atoms with E-state index >= 15 is 0 Å². The Bertz CT molecular complexity index is 1140. The first-order valence-corrected chi connectivity index (χ1v) is 10.2. The zero-order valence-corrected chi connectivity index (χ0v) is 16.0. The van der Waals surface area contributed by atoms with Crippen molar-refractivity contribution in [2.45, 2.75) is 17.3 Å². The van der Waals surface area contributed by atoms with Crippen molar-refractivity contribution in [3.8, 4) is 0 Å². The fourth-order valence-electron chi connectivity index (χ4n) is 2.73. The molecular formula is C18H14F3NO4S2. The molecular weight excluding hydrogens is 415 g/mol. The van der Waals surface area contributed by atoms with Crippen molar-refractivity contribution in [3.63, 3.8) is 0 Å². The molecule has 0 bridgehead atoms. The normalized spacial score (nSPS) is 11.9. The van der Waals surface area contributed by atoms with Crippen molar-refractivity contribution in [1.82, 2.24) is 0 Å². The summed E-state index contributed by atoms with van der Waals surface area (Å²) in [5.74, 6) is -4.90. The molecule has 0 atom stereocenters. The molecule has 0 saturated carbocycles. The Balaban J connectivity index is 2.06. The number of carbonyl (C=O) groups excluding carboxylic acids is 1. The number of alkyl halides is 2. The summed E-state index contributed by atoms with van der Waals surface area (Å²) in [5, 5.41) is 2.58. The Hall–Kier alpha value is -2.43. The van der Waals surface area contributed by atoms with Gasteiger partial charge in [0.05, 0.1) is 22.1 Å². The predicted octanol–water partition coefficient (Wildman–Crippen LogP) is 4.44. The van der Waals surface area contributed by atoms with Gasteiger partial charge < -0.3 is 10.1 Å². The van der Waals surface area contributed by atoms with Gasteiger partial charge in [0.15, 0.2) is 0 Å². The quantitative estimate of drug-likeness (QED) is 0.629. The van der Waals surface area contributed by atoms with Crippen LogP contribution in [0.25, 0.3) is 10.1 Å². The number of hydrogen-bond donors (Lipinski definition) is 1. The van der Waals surface area contributed by atoms with Crippen LogP contribution in [-0.2, 0) is 21.2 Å². The number of fused-ring (bicyclic) bond motifs is 1. The number of methoxy groups -OCH3 is 1. The number of sulfone groups is 1. The molecule has 0 aliphatic carbocycles. The number of ether oxygens (including phenoxy) is 1. The molecule has 1 heterocycles. The SMILES string of the molecule is COCc1c(C(=O)Nc2ccccc2S(=O)(=O)C(F)F)sc2cccc(F)c12. The van der Waals surface area contributed by atoms with Gasteiger partial charge in [0.2, 0.25) is 9.84 Å². The summed E-state index contributed by atoms with van der Waals surface area (Å²) in [5.41, 5.74) is 0.0152. The van der Waals surface area contributed by atoms with Crippen LogP contribution < -0.4 is 5.32 Å². The summed E-state index contributed by atoms with van der Waals surface area (Å²) in [4.78, 5) is 12.2. The number of halogens is 3. The number of carbonyl (C=O) groups is 1.